The molecule has 0 aromatic heterocycles. The highest BCUT2D eigenvalue weighted by Gasteiger charge is 2.13. The molecule has 4 nitrogen and oxygen atoms in total. The van der Waals surface area contributed by atoms with Gasteiger partial charge in [-0.25, -0.2) is 0 Å². The van der Waals surface area contributed by atoms with Crippen LogP contribution in [0.5, 0.6) is 0 Å². The van der Waals surface area contributed by atoms with E-state index in [0.29, 0.717) is 6.61 Å². The van der Waals surface area contributed by atoms with Crippen LogP contribution >= 0.6 is 0 Å². The summed E-state index contributed by atoms with van der Waals surface area (Å²) in [6.07, 6.45) is 4.58. The third-order valence-corrected chi connectivity index (χ3v) is 1.99. The highest BCUT2D eigenvalue weighted by molar-refractivity contribution is 5.75. The van der Waals surface area contributed by atoms with Crippen molar-refractivity contribution in [2.24, 2.45) is 5.73 Å². The van der Waals surface area contributed by atoms with Gasteiger partial charge in [0.2, 0.25) is 0 Å². The molecule has 0 aromatic rings. The number of hydrogen-bond acceptors (Lipinski definition) is 4. The molecule has 0 rings (SSSR count). The molecule has 0 spiro atoms. The fourth-order valence-electron chi connectivity index (χ4n) is 1.07. The van der Waals surface area contributed by atoms with Gasteiger partial charge in [0.05, 0.1) is 6.61 Å². The van der Waals surface area contributed by atoms with E-state index in [0.717, 1.165) is 19.3 Å². The minimum Gasteiger partial charge on any atom is -0.465 e. The van der Waals surface area contributed by atoms with Crippen molar-refractivity contribution in [2.75, 3.05) is 13.2 Å². The lowest BCUT2D eigenvalue weighted by Crippen LogP contribution is -2.33. The largest absolute Gasteiger partial charge is 0.465 e. The van der Waals surface area contributed by atoms with E-state index in [1.807, 2.05) is 0 Å². The first-order chi connectivity index (χ1) is 6.72. The molecule has 0 aliphatic rings. The number of aliphatic hydroxyl groups is 1. The molecule has 0 bridgehead atoms. The van der Waals surface area contributed by atoms with E-state index in [2.05, 4.69) is 6.92 Å². The monoisotopic (exact) mass is 203 g/mol. The Hall–Kier alpha value is -0.610. The quantitative estimate of drug-likeness (QED) is 0.452. The fourth-order valence-corrected chi connectivity index (χ4v) is 1.07. The van der Waals surface area contributed by atoms with Crippen LogP contribution in [0.1, 0.15) is 39.0 Å². The average Bonchev–Trinajstić information content (AvgIpc) is 2.17. The molecule has 0 saturated heterocycles. The SMILES string of the molecule is CCCCCCOC(=O)C(N)CCO. The molecule has 0 amide bonds. The van der Waals surface area contributed by atoms with Crippen LogP contribution in [0.25, 0.3) is 0 Å². The Bertz CT molecular complexity index is 150. The zero-order valence-electron chi connectivity index (χ0n) is 8.87. The summed E-state index contributed by atoms with van der Waals surface area (Å²) in [6.45, 7) is 2.49. The van der Waals surface area contributed by atoms with Crippen LogP contribution in [0.3, 0.4) is 0 Å². The summed E-state index contributed by atoms with van der Waals surface area (Å²) >= 11 is 0. The van der Waals surface area contributed by atoms with Gasteiger partial charge in [-0.15, -0.1) is 0 Å². The van der Waals surface area contributed by atoms with Crippen LogP contribution < -0.4 is 5.73 Å². The van der Waals surface area contributed by atoms with E-state index < -0.39 is 12.0 Å². The maximum absolute atomic E-state index is 11.1. The molecule has 0 heterocycles. The van der Waals surface area contributed by atoms with Crippen LogP contribution in [0.2, 0.25) is 0 Å². The predicted octanol–water partition coefficient (Wildman–Crippen LogP) is 0.820. The summed E-state index contributed by atoms with van der Waals surface area (Å²) in [4.78, 5) is 11.1. The van der Waals surface area contributed by atoms with Gasteiger partial charge in [-0.2, -0.15) is 0 Å². The maximum Gasteiger partial charge on any atom is 0.322 e. The first-order valence-corrected chi connectivity index (χ1v) is 5.25. The number of unbranched alkanes of at least 4 members (excludes halogenated alkanes) is 3. The number of carbonyl (C=O) groups is 1. The maximum atomic E-state index is 11.1. The second kappa shape index (κ2) is 8.97. The summed E-state index contributed by atoms with van der Waals surface area (Å²) in [5, 5.41) is 8.54. The van der Waals surface area contributed by atoms with Gasteiger partial charge in [0.25, 0.3) is 0 Å². The Kier molecular flexibility index (Phi) is 8.57. The summed E-state index contributed by atoms with van der Waals surface area (Å²) in [5.74, 6) is -0.407. The standard InChI is InChI=1S/C10H21NO3/c1-2-3-4-5-8-14-10(13)9(11)6-7-12/h9,12H,2-8,11H2,1H3. The van der Waals surface area contributed by atoms with Gasteiger partial charge in [-0.05, 0) is 12.8 Å². The Labute approximate surface area is 85.4 Å². The summed E-state index contributed by atoms with van der Waals surface area (Å²) < 4.78 is 4.93. The Morgan fingerprint density at radius 1 is 1.43 bits per heavy atom. The minimum absolute atomic E-state index is 0.0773. The molecular formula is C10H21NO3. The van der Waals surface area contributed by atoms with Crippen molar-refractivity contribution >= 4 is 5.97 Å². The highest BCUT2D eigenvalue weighted by atomic mass is 16.5. The van der Waals surface area contributed by atoms with E-state index in [1.165, 1.54) is 6.42 Å². The molecule has 1 unspecified atom stereocenters. The minimum atomic E-state index is -0.675. The number of carbonyl (C=O) groups excluding carboxylic acids is 1. The number of aliphatic hydroxyl groups excluding tert-OH is 1. The van der Waals surface area contributed by atoms with Gasteiger partial charge < -0.3 is 15.6 Å². The second-order valence-electron chi connectivity index (χ2n) is 3.35. The first kappa shape index (κ1) is 13.4. The molecule has 0 fully saturated rings. The molecule has 14 heavy (non-hydrogen) atoms. The van der Waals surface area contributed by atoms with Crippen molar-refractivity contribution in [3.8, 4) is 0 Å². The third kappa shape index (κ3) is 6.86. The lowest BCUT2D eigenvalue weighted by atomic mass is 10.2. The molecular weight excluding hydrogens is 182 g/mol. The number of rotatable bonds is 8. The Morgan fingerprint density at radius 3 is 2.71 bits per heavy atom. The molecule has 1 atom stereocenters. The van der Waals surface area contributed by atoms with Gasteiger partial charge in [-0.3, -0.25) is 4.79 Å². The van der Waals surface area contributed by atoms with E-state index in [-0.39, 0.29) is 13.0 Å². The van der Waals surface area contributed by atoms with Crippen molar-refractivity contribution in [1.29, 1.82) is 0 Å². The first-order valence-electron chi connectivity index (χ1n) is 5.25. The molecule has 0 radical (unpaired) electrons. The Morgan fingerprint density at radius 2 is 2.14 bits per heavy atom. The van der Waals surface area contributed by atoms with Crippen molar-refractivity contribution in [3.05, 3.63) is 0 Å². The lowest BCUT2D eigenvalue weighted by molar-refractivity contribution is -0.145. The smallest absolute Gasteiger partial charge is 0.322 e. The fraction of sp³-hybridized carbons (Fsp3) is 0.900. The predicted molar refractivity (Wildman–Crippen MR) is 54.8 cm³/mol. The van der Waals surface area contributed by atoms with Crippen LogP contribution in [0.4, 0.5) is 0 Å². The average molecular weight is 203 g/mol. The van der Waals surface area contributed by atoms with E-state index in [4.69, 9.17) is 15.6 Å². The van der Waals surface area contributed by atoms with Gasteiger partial charge in [0, 0.05) is 6.61 Å². The van der Waals surface area contributed by atoms with Crippen molar-refractivity contribution < 1.29 is 14.6 Å². The van der Waals surface area contributed by atoms with Crippen molar-refractivity contribution in [3.63, 3.8) is 0 Å². The van der Waals surface area contributed by atoms with E-state index in [9.17, 15) is 4.79 Å². The van der Waals surface area contributed by atoms with E-state index >= 15 is 0 Å². The third-order valence-electron chi connectivity index (χ3n) is 1.99. The van der Waals surface area contributed by atoms with Crippen LogP contribution in [0.15, 0.2) is 0 Å². The van der Waals surface area contributed by atoms with Crippen LogP contribution in [0, 0.1) is 0 Å². The molecule has 84 valence electrons. The lowest BCUT2D eigenvalue weighted by Gasteiger charge is -2.09. The topological polar surface area (TPSA) is 72.5 Å². The number of ether oxygens (including phenoxy) is 1. The van der Waals surface area contributed by atoms with Crippen LogP contribution in [-0.4, -0.2) is 30.3 Å². The molecule has 4 heteroatoms. The number of hydrogen-bond donors (Lipinski definition) is 2. The summed E-state index contributed by atoms with van der Waals surface area (Å²) in [7, 11) is 0. The van der Waals surface area contributed by atoms with Crippen LogP contribution in [-0.2, 0) is 9.53 Å². The van der Waals surface area contributed by atoms with Gasteiger partial charge in [0.15, 0.2) is 0 Å². The number of nitrogens with two attached hydrogens (primary N) is 1. The molecule has 0 saturated carbocycles. The molecule has 3 N–H and O–H groups in total. The Balaban J connectivity index is 3.34. The van der Waals surface area contributed by atoms with Gasteiger partial charge in [0.1, 0.15) is 6.04 Å². The highest BCUT2D eigenvalue weighted by Crippen LogP contribution is 2.00. The summed E-state index contributed by atoms with van der Waals surface area (Å²) in [6, 6.07) is -0.675. The summed E-state index contributed by atoms with van der Waals surface area (Å²) in [5.41, 5.74) is 5.43. The van der Waals surface area contributed by atoms with E-state index in [1.54, 1.807) is 0 Å². The van der Waals surface area contributed by atoms with Crippen molar-refractivity contribution in [1.82, 2.24) is 0 Å². The zero-order chi connectivity index (χ0) is 10.8. The van der Waals surface area contributed by atoms with Gasteiger partial charge >= 0.3 is 5.97 Å². The molecule has 0 aliphatic heterocycles. The normalized spacial score (nSPS) is 12.5. The molecule has 0 aromatic carbocycles. The molecule has 0 aliphatic carbocycles. The second-order valence-corrected chi connectivity index (χ2v) is 3.35. The number of esters is 1. The van der Waals surface area contributed by atoms with Crippen molar-refractivity contribution in [2.45, 2.75) is 45.1 Å². The zero-order valence-corrected chi connectivity index (χ0v) is 8.87. The van der Waals surface area contributed by atoms with Gasteiger partial charge in [-0.1, -0.05) is 26.2 Å².